The maximum atomic E-state index is 11.7. The van der Waals surface area contributed by atoms with E-state index < -0.39 is 11.7 Å². The van der Waals surface area contributed by atoms with Crippen molar-refractivity contribution in [3.8, 4) is 0 Å². The van der Waals surface area contributed by atoms with Crippen molar-refractivity contribution in [3.63, 3.8) is 0 Å². The lowest BCUT2D eigenvalue weighted by molar-refractivity contribution is 0.00761. The van der Waals surface area contributed by atoms with Crippen LogP contribution in [0, 0.1) is 0 Å². The maximum Gasteiger partial charge on any atom is 0.424 e. The molecule has 1 rings (SSSR count). The minimum absolute atomic E-state index is 0.0635. The van der Waals surface area contributed by atoms with E-state index in [1.165, 1.54) is 5.01 Å². The molecule has 1 atom stereocenters. The van der Waals surface area contributed by atoms with E-state index >= 15 is 0 Å². The Morgan fingerprint density at radius 1 is 1.50 bits per heavy atom. The lowest BCUT2D eigenvalue weighted by Crippen LogP contribution is -2.53. The summed E-state index contributed by atoms with van der Waals surface area (Å²) < 4.78 is 5.23. The van der Waals surface area contributed by atoms with Crippen molar-refractivity contribution in [2.75, 3.05) is 20.1 Å². The van der Waals surface area contributed by atoms with Crippen molar-refractivity contribution in [2.45, 2.75) is 45.3 Å². The zero-order valence-corrected chi connectivity index (χ0v) is 10.7. The summed E-state index contributed by atoms with van der Waals surface area (Å²) in [6, 6.07) is 0.0635. The molecule has 0 aromatic rings. The quantitative estimate of drug-likeness (QED) is 0.417. The van der Waals surface area contributed by atoms with Gasteiger partial charge in [0.15, 0.2) is 0 Å². The van der Waals surface area contributed by atoms with Crippen molar-refractivity contribution in [1.29, 1.82) is 0 Å². The fourth-order valence-corrected chi connectivity index (χ4v) is 1.83. The summed E-state index contributed by atoms with van der Waals surface area (Å²) in [6.07, 6.45) is 1.57. The highest BCUT2D eigenvalue weighted by Crippen LogP contribution is 2.15. The number of carbonyl (C=O) groups excluding carboxylic acids is 1. The Morgan fingerprint density at radius 3 is 2.62 bits per heavy atom. The Kier molecular flexibility index (Phi) is 4.15. The van der Waals surface area contributed by atoms with E-state index in [2.05, 4.69) is 4.90 Å². The van der Waals surface area contributed by atoms with Gasteiger partial charge >= 0.3 is 6.09 Å². The lowest BCUT2D eigenvalue weighted by atomic mass is 10.1. The molecule has 94 valence electrons. The first-order valence-electron chi connectivity index (χ1n) is 5.75. The fourth-order valence-electron chi connectivity index (χ4n) is 1.83. The predicted octanol–water partition coefficient (Wildman–Crippen LogP) is 1.19. The van der Waals surface area contributed by atoms with Crippen molar-refractivity contribution in [1.82, 2.24) is 9.91 Å². The monoisotopic (exact) mass is 229 g/mol. The van der Waals surface area contributed by atoms with Crippen LogP contribution in [0.2, 0.25) is 0 Å². The van der Waals surface area contributed by atoms with Gasteiger partial charge in [-0.3, -0.25) is 0 Å². The Bertz CT molecular complexity index is 250. The molecule has 1 aliphatic heterocycles. The van der Waals surface area contributed by atoms with Gasteiger partial charge in [0.05, 0.1) is 6.04 Å². The molecule has 16 heavy (non-hydrogen) atoms. The van der Waals surface area contributed by atoms with E-state index in [1.54, 1.807) is 0 Å². The minimum Gasteiger partial charge on any atom is -0.443 e. The number of likely N-dealkylation sites (tertiary alicyclic amines) is 1. The van der Waals surface area contributed by atoms with Crippen molar-refractivity contribution in [3.05, 3.63) is 0 Å². The summed E-state index contributed by atoms with van der Waals surface area (Å²) >= 11 is 0. The van der Waals surface area contributed by atoms with E-state index in [4.69, 9.17) is 10.6 Å². The number of hydrogen-bond acceptors (Lipinski definition) is 4. The summed E-state index contributed by atoms with van der Waals surface area (Å²) in [7, 11) is 2.04. The van der Waals surface area contributed by atoms with Crippen molar-refractivity contribution >= 4 is 6.09 Å². The summed E-state index contributed by atoms with van der Waals surface area (Å²) in [4.78, 5) is 13.9. The molecule has 5 nitrogen and oxygen atoms in total. The molecule has 1 saturated heterocycles. The molecule has 1 heterocycles. The molecule has 1 aliphatic rings. The molecule has 2 N–H and O–H groups in total. The van der Waals surface area contributed by atoms with E-state index in [-0.39, 0.29) is 6.04 Å². The third kappa shape index (κ3) is 3.98. The second-order valence-electron chi connectivity index (χ2n) is 5.45. The van der Waals surface area contributed by atoms with Crippen LogP contribution in [0.5, 0.6) is 0 Å². The van der Waals surface area contributed by atoms with Gasteiger partial charge in [-0.25, -0.2) is 15.6 Å². The number of hydrogen-bond donors (Lipinski definition) is 1. The van der Waals surface area contributed by atoms with Gasteiger partial charge in [-0.15, -0.1) is 0 Å². The van der Waals surface area contributed by atoms with E-state index in [0.29, 0.717) is 0 Å². The van der Waals surface area contributed by atoms with Gasteiger partial charge in [-0.1, -0.05) is 0 Å². The van der Waals surface area contributed by atoms with Gasteiger partial charge in [0.1, 0.15) is 5.60 Å². The molecule has 0 bridgehead atoms. The molecule has 0 radical (unpaired) electrons. The largest absolute Gasteiger partial charge is 0.443 e. The van der Waals surface area contributed by atoms with Crippen LogP contribution in [-0.2, 0) is 4.74 Å². The standard InChI is InChI=1S/C11H23N3O2/c1-11(2,3)16-10(15)14(12)9-6-5-7-13(4)8-9/h9H,5-8,12H2,1-4H3. The first-order valence-corrected chi connectivity index (χ1v) is 5.75. The molecule has 1 fully saturated rings. The van der Waals surface area contributed by atoms with E-state index in [0.717, 1.165) is 25.9 Å². The number of hydrazine groups is 1. The molecule has 0 saturated carbocycles. The molecule has 1 amide bonds. The Balaban J connectivity index is 2.49. The average Bonchev–Trinajstić information content (AvgIpc) is 2.14. The highest BCUT2D eigenvalue weighted by atomic mass is 16.6. The molecule has 5 heteroatoms. The highest BCUT2D eigenvalue weighted by molar-refractivity contribution is 5.67. The summed E-state index contributed by atoms with van der Waals surface area (Å²) in [5, 5.41) is 1.24. The number of carbonyl (C=O) groups is 1. The van der Waals surface area contributed by atoms with Crippen LogP contribution >= 0.6 is 0 Å². The fraction of sp³-hybridized carbons (Fsp3) is 0.909. The Hall–Kier alpha value is -0.810. The number of rotatable bonds is 1. The van der Waals surface area contributed by atoms with E-state index in [9.17, 15) is 4.79 Å². The molecule has 1 unspecified atom stereocenters. The number of amides is 1. The van der Waals surface area contributed by atoms with Gasteiger partial charge in [-0.2, -0.15) is 0 Å². The number of nitrogens with two attached hydrogens (primary N) is 1. The van der Waals surface area contributed by atoms with Crippen LogP contribution in [0.1, 0.15) is 33.6 Å². The van der Waals surface area contributed by atoms with Crippen molar-refractivity contribution in [2.24, 2.45) is 5.84 Å². The third-order valence-corrected chi connectivity index (χ3v) is 2.60. The normalized spacial score (nSPS) is 22.9. The van der Waals surface area contributed by atoms with Gasteiger partial charge in [-0.05, 0) is 47.2 Å². The maximum absolute atomic E-state index is 11.7. The molecule has 0 aromatic carbocycles. The second-order valence-corrected chi connectivity index (χ2v) is 5.45. The zero-order valence-electron chi connectivity index (χ0n) is 10.7. The number of piperidine rings is 1. The summed E-state index contributed by atoms with van der Waals surface area (Å²) in [5.74, 6) is 5.79. The predicted molar refractivity (Wildman–Crippen MR) is 62.8 cm³/mol. The molecule has 0 aromatic heterocycles. The van der Waals surface area contributed by atoms with Crippen LogP contribution < -0.4 is 5.84 Å². The van der Waals surface area contributed by atoms with Gasteiger partial charge in [0.25, 0.3) is 0 Å². The summed E-state index contributed by atoms with van der Waals surface area (Å²) in [6.45, 7) is 7.40. The van der Waals surface area contributed by atoms with Crippen LogP contribution in [0.25, 0.3) is 0 Å². The van der Waals surface area contributed by atoms with Crippen LogP contribution in [0.4, 0.5) is 4.79 Å². The Morgan fingerprint density at radius 2 is 2.12 bits per heavy atom. The summed E-state index contributed by atoms with van der Waals surface area (Å²) in [5.41, 5.74) is -0.491. The topological polar surface area (TPSA) is 58.8 Å². The molecular formula is C11H23N3O2. The number of ether oxygens (including phenoxy) is 1. The molecule has 0 spiro atoms. The second kappa shape index (κ2) is 5.01. The average molecular weight is 229 g/mol. The van der Waals surface area contributed by atoms with Gasteiger partial charge < -0.3 is 9.64 Å². The van der Waals surface area contributed by atoms with Crippen molar-refractivity contribution < 1.29 is 9.53 Å². The smallest absolute Gasteiger partial charge is 0.424 e. The molecule has 0 aliphatic carbocycles. The van der Waals surface area contributed by atoms with Crippen LogP contribution in [0.3, 0.4) is 0 Å². The third-order valence-electron chi connectivity index (χ3n) is 2.60. The lowest BCUT2D eigenvalue weighted by Gasteiger charge is -2.35. The first kappa shape index (κ1) is 13.3. The SMILES string of the molecule is CN1CCCC(N(N)C(=O)OC(C)(C)C)C1. The Labute approximate surface area is 97.5 Å². The number of nitrogens with zero attached hydrogens (tertiary/aromatic N) is 2. The molecular weight excluding hydrogens is 206 g/mol. The van der Waals surface area contributed by atoms with Crippen LogP contribution in [0.15, 0.2) is 0 Å². The van der Waals surface area contributed by atoms with Crippen LogP contribution in [-0.4, -0.2) is 47.8 Å². The first-order chi connectivity index (χ1) is 7.29. The minimum atomic E-state index is -0.491. The van der Waals surface area contributed by atoms with Gasteiger partial charge in [0.2, 0.25) is 0 Å². The highest BCUT2D eigenvalue weighted by Gasteiger charge is 2.28. The number of likely N-dealkylation sites (N-methyl/N-ethyl adjacent to an activating group) is 1. The zero-order chi connectivity index (χ0) is 12.3. The van der Waals surface area contributed by atoms with Gasteiger partial charge in [0, 0.05) is 6.54 Å². The van der Waals surface area contributed by atoms with E-state index in [1.807, 2.05) is 27.8 Å².